The van der Waals surface area contributed by atoms with Gasteiger partial charge in [-0.05, 0) is 29.1 Å². The summed E-state index contributed by atoms with van der Waals surface area (Å²) in [6, 6.07) is 14.0. The maximum absolute atomic E-state index is 13.6. The highest BCUT2D eigenvalue weighted by Crippen LogP contribution is 2.19. The van der Waals surface area contributed by atoms with Crippen molar-refractivity contribution in [3.05, 3.63) is 71.4 Å². The molecule has 1 heterocycles. The number of rotatable bonds is 2. The fourth-order valence-electron chi connectivity index (χ4n) is 2.12. The summed E-state index contributed by atoms with van der Waals surface area (Å²) in [5.41, 5.74) is 2.24. The van der Waals surface area contributed by atoms with E-state index < -0.39 is 11.6 Å². The van der Waals surface area contributed by atoms with E-state index in [1.165, 1.54) is 6.07 Å². The Morgan fingerprint density at radius 1 is 0.944 bits per heavy atom. The number of aromatic amines is 1. The molecule has 0 unspecified atom stereocenters. The normalized spacial score (nSPS) is 11.0. The summed E-state index contributed by atoms with van der Waals surface area (Å²) in [6.45, 7) is 0. The molecule has 0 atom stereocenters. The zero-order valence-electron chi connectivity index (χ0n) is 9.58. The van der Waals surface area contributed by atoms with Crippen LogP contribution in [0.15, 0.2) is 48.5 Å². The highest BCUT2D eigenvalue weighted by molar-refractivity contribution is 5.80. The van der Waals surface area contributed by atoms with Gasteiger partial charge in [0.05, 0.1) is 0 Å². The Hall–Kier alpha value is -2.16. The Kier molecular flexibility index (Phi) is 2.59. The Morgan fingerprint density at radius 2 is 1.78 bits per heavy atom. The highest BCUT2D eigenvalue weighted by Gasteiger charge is 2.09. The summed E-state index contributed by atoms with van der Waals surface area (Å²) in [4.78, 5) is 3.20. The first-order valence-corrected chi connectivity index (χ1v) is 5.73. The van der Waals surface area contributed by atoms with Crippen molar-refractivity contribution in [3.63, 3.8) is 0 Å². The van der Waals surface area contributed by atoms with Crippen LogP contribution in [0.4, 0.5) is 8.78 Å². The van der Waals surface area contributed by atoms with Gasteiger partial charge in [0.2, 0.25) is 0 Å². The van der Waals surface area contributed by atoms with Crippen molar-refractivity contribution in [1.29, 1.82) is 0 Å². The molecule has 3 rings (SSSR count). The molecule has 2 aromatic carbocycles. The molecule has 0 spiro atoms. The Morgan fingerprint density at radius 3 is 2.61 bits per heavy atom. The van der Waals surface area contributed by atoms with Crippen molar-refractivity contribution in [2.75, 3.05) is 0 Å². The monoisotopic (exact) mass is 243 g/mol. The van der Waals surface area contributed by atoms with E-state index in [1.54, 1.807) is 6.07 Å². The van der Waals surface area contributed by atoms with Crippen molar-refractivity contribution in [3.8, 4) is 0 Å². The van der Waals surface area contributed by atoms with E-state index >= 15 is 0 Å². The van der Waals surface area contributed by atoms with E-state index in [4.69, 9.17) is 0 Å². The van der Waals surface area contributed by atoms with E-state index in [9.17, 15) is 8.78 Å². The molecule has 1 N–H and O–H groups in total. The minimum Gasteiger partial charge on any atom is -0.358 e. The fraction of sp³-hybridized carbons (Fsp3) is 0.0667. The second-order valence-electron chi connectivity index (χ2n) is 4.27. The van der Waals surface area contributed by atoms with E-state index in [2.05, 4.69) is 4.98 Å². The highest BCUT2D eigenvalue weighted by atomic mass is 19.2. The van der Waals surface area contributed by atoms with Gasteiger partial charge < -0.3 is 4.98 Å². The lowest BCUT2D eigenvalue weighted by Gasteiger charge is -2.01. The summed E-state index contributed by atoms with van der Waals surface area (Å²) in [7, 11) is 0. The molecule has 0 aliphatic carbocycles. The van der Waals surface area contributed by atoms with Crippen molar-refractivity contribution in [2.24, 2.45) is 0 Å². The van der Waals surface area contributed by atoms with Gasteiger partial charge in [0.1, 0.15) is 0 Å². The molecule has 18 heavy (non-hydrogen) atoms. The third-order valence-corrected chi connectivity index (χ3v) is 3.00. The zero-order valence-corrected chi connectivity index (χ0v) is 9.58. The van der Waals surface area contributed by atoms with E-state index in [1.807, 2.05) is 30.3 Å². The second kappa shape index (κ2) is 4.26. The predicted octanol–water partition coefficient (Wildman–Crippen LogP) is 4.04. The molecule has 0 aliphatic rings. The van der Waals surface area contributed by atoms with Crippen molar-refractivity contribution in [1.82, 2.24) is 4.98 Å². The molecule has 0 saturated carbocycles. The minimum absolute atomic E-state index is 0.359. The summed E-state index contributed by atoms with van der Waals surface area (Å²) in [5, 5.41) is 1.07. The van der Waals surface area contributed by atoms with E-state index in [-0.39, 0.29) is 0 Å². The molecule has 0 aliphatic heterocycles. The van der Waals surface area contributed by atoms with Gasteiger partial charge in [-0.25, -0.2) is 8.78 Å². The molecule has 0 saturated heterocycles. The number of para-hydroxylation sites is 1. The first-order valence-electron chi connectivity index (χ1n) is 5.73. The molecular formula is C15H11F2N. The molecular weight excluding hydrogens is 232 g/mol. The molecule has 0 fully saturated rings. The lowest BCUT2D eigenvalue weighted by molar-refractivity contribution is 0.500. The number of H-pyrrole nitrogens is 1. The van der Waals surface area contributed by atoms with Crippen LogP contribution in [0.1, 0.15) is 11.3 Å². The smallest absolute Gasteiger partial charge is 0.162 e. The number of fused-ring (bicyclic) bond motifs is 1. The first-order chi connectivity index (χ1) is 8.74. The quantitative estimate of drug-likeness (QED) is 0.699. The van der Waals surface area contributed by atoms with Gasteiger partial charge in [-0.2, -0.15) is 0 Å². The van der Waals surface area contributed by atoms with Gasteiger partial charge in [0.15, 0.2) is 11.6 Å². The third-order valence-electron chi connectivity index (χ3n) is 3.00. The van der Waals surface area contributed by atoms with Gasteiger partial charge in [-0.1, -0.05) is 30.3 Å². The summed E-state index contributed by atoms with van der Waals surface area (Å²) in [6.07, 6.45) is 0.359. The number of aromatic nitrogens is 1. The average molecular weight is 243 g/mol. The van der Waals surface area contributed by atoms with Crippen LogP contribution >= 0.6 is 0 Å². The lowest BCUT2D eigenvalue weighted by atomic mass is 10.1. The minimum atomic E-state index is -0.802. The molecule has 1 aromatic heterocycles. The second-order valence-corrected chi connectivity index (χ2v) is 4.27. The molecule has 1 nitrogen and oxygen atoms in total. The molecule has 3 aromatic rings. The average Bonchev–Trinajstić information content (AvgIpc) is 2.77. The maximum Gasteiger partial charge on any atom is 0.162 e. The molecule has 0 bridgehead atoms. The largest absolute Gasteiger partial charge is 0.358 e. The van der Waals surface area contributed by atoms with E-state index in [0.29, 0.717) is 12.0 Å². The van der Waals surface area contributed by atoms with Crippen molar-refractivity contribution < 1.29 is 8.78 Å². The molecule has 0 radical (unpaired) electrons. The fourth-order valence-corrected chi connectivity index (χ4v) is 2.12. The summed E-state index contributed by atoms with van der Waals surface area (Å²) >= 11 is 0. The van der Waals surface area contributed by atoms with Gasteiger partial charge in [0, 0.05) is 17.6 Å². The first kappa shape index (κ1) is 11.0. The number of benzene rings is 2. The van der Waals surface area contributed by atoms with Crippen LogP contribution in [0.3, 0.4) is 0 Å². The SMILES string of the molecule is Fc1cccc(Cc2cc3ccccc3[nH]2)c1F. The van der Waals surface area contributed by atoms with Gasteiger partial charge in [-0.15, -0.1) is 0 Å². The number of hydrogen-bond donors (Lipinski definition) is 1. The number of hydrogen-bond acceptors (Lipinski definition) is 0. The Bertz CT molecular complexity index is 668. The summed E-state index contributed by atoms with van der Waals surface area (Å²) < 4.78 is 26.7. The number of halogens is 2. The van der Waals surface area contributed by atoms with E-state index in [0.717, 1.165) is 22.7 Å². The summed E-state index contributed by atoms with van der Waals surface area (Å²) in [5.74, 6) is -1.57. The van der Waals surface area contributed by atoms with Crippen LogP contribution in [0.2, 0.25) is 0 Å². The molecule has 90 valence electrons. The van der Waals surface area contributed by atoms with Crippen LogP contribution in [0, 0.1) is 11.6 Å². The topological polar surface area (TPSA) is 15.8 Å². The Balaban J connectivity index is 1.99. The zero-order chi connectivity index (χ0) is 12.5. The van der Waals surface area contributed by atoms with Crippen LogP contribution < -0.4 is 0 Å². The van der Waals surface area contributed by atoms with Crippen molar-refractivity contribution in [2.45, 2.75) is 6.42 Å². The third kappa shape index (κ3) is 1.88. The molecule has 0 amide bonds. The molecule has 3 heteroatoms. The van der Waals surface area contributed by atoms with Crippen LogP contribution in [-0.4, -0.2) is 4.98 Å². The van der Waals surface area contributed by atoms with Gasteiger partial charge in [0.25, 0.3) is 0 Å². The predicted molar refractivity (Wildman–Crippen MR) is 67.5 cm³/mol. The number of nitrogens with one attached hydrogen (secondary N) is 1. The lowest BCUT2D eigenvalue weighted by Crippen LogP contribution is -1.95. The van der Waals surface area contributed by atoms with Gasteiger partial charge in [-0.3, -0.25) is 0 Å². The van der Waals surface area contributed by atoms with Crippen molar-refractivity contribution >= 4 is 10.9 Å². The standard InChI is InChI=1S/C15H11F2N/c16-13-6-3-5-11(15(13)17)9-12-8-10-4-1-2-7-14(10)18-12/h1-8,18H,9H2. The van der Waals surface area contributed by atoms with Crippen LogP contribution in [-0.2, 0) is 6.42 Å². The van der Waals surface area contributed by atoms with Crippen LogP contribution in [0.5, 0.6) is 0 Å². The van der Waals surface area contributed by atoms with Crippen LogP contribution in [0.25, 0.3) is 10.9 Å². The van der Waals surface area contributed by atoms with Gasteiger partial charge >= 0.3 is 0 Å². The maximum atomic E-state index is 13.6. The Labute approximate surface area is 103 Å².